The van der Waals surface area contributed by atoms with Crippen LogP contribution in [0.3, 0.4) is 0 Å². The molecule has 3 aliphatic rings. The van der Waals surface area contributed by atoms with Crippen molar-refractivity contribution in [3.63, 3.8) is 0 Å². The lowest BCUT2D eigenvalue weighted by molar-refractivity contribution is -0.122. The van der Waals surface area contributed by atoms with E-state index in [2.05, 4.69) is 34.2 Å². The van der Waals surface area contributed by atoms with Gasteiger partial charge in [-0.25, -0.2) is 0 Å². The van der Waals surface area contributed by atoms with Gasteiger partial charge in [0.25, 0.3) is 0 Å². The van der Waals surface area contributed by atoms with Crippen LogP contribution in [0, 0.1) is 5.92 Å². The quantitative estimate of drug-likeness (QED) is 0.755. The van der Waals surface area contributed by atoms with Gasteiger partial charge in [-0.3, -0.25) is 9.59 Å². The van der Waals surface area contributed by atoms with E-state index in [4.69, 9.17) is 9.47 Å². The van der Waals surface area contributed by atoms with Crippen molar-refractivity contribution in [2.24, 2.45) is 5.92 Å². The van der Waals surface area contributed by atoms with E-state index in [9.17, 15) is 9.59 Å². The number of nitrogens with zero attached hydrogens (tertiary/aromatic N) is 3. The predicted octanol–water partition coefficient (Wildman–Crippen LogP) is 2.59. The Hall–Kier alpha value is -3.26. The van der Waals surface area contributed by atoms with Crippen molar-refractivity contribution >= 4 is 28.9 Å². The summed E-state index contributed by atoms with van der Waals surface area (Å²) >= 11 is 0. The fourth-order valence-corrected chi connectivity index (χ4v) is 4.65. The monoisotopic (exact) mass is 450 g/mol. The van der Waals surface area contributed by atoms with Crippen molar-refractivity contribution in [1.29, 1.82) is 0 Å². The highest BCUT2D eigenvalue weighted by Gasteiger charge is 2.35. The molecule has 2 aromatic carbocycles. The van der Waals surface area contributed by atoms with E-state index in [-0.39, 0.29) is 18.2 Å². The molecule has 1 atom stereocenters. The summed E-state index contributed by atoms with van der Waals surface area (Å²) in [4.78, 5) is 32.0. The minimum atomic E-state index is -0.396. The molecule has 2 fully saturated rings. The zero-order chi connectivity index (χ0) is 22.8. The van der Waals surface area contributed by atoms with E-state index in [1.165, 1.54) is 5.69 Å². The Balaban J connectivity index is 1.19. The van der Waals surface area contributed by atoms with Crippen LogP contribution in [0.25, 0.3) is 0 Å². The van der Waals surface area contributed by atoms with E-state index in [0.717, 1.165) is 44.1 Å². The van der Waals surface area contributed by atoms with Crippen molar-refractivity contribution in [3.8, 4) is 11.5 Å². The molecule has 8 heteroatoms. The van der Waals surface area contributed by atoms with E-state index in [0.29, 0.717) is 31.3 Å². The average molecular weight is 451 g/mol. The summed E-state index contributed by atoms with van der Waals surface area (Å²) in [6.07, 6.45) is 0.195. The topological polar surface area (TPSA) is 74.4 Å². The molecule has 33 heavy (non-hydrogen) atoms. The number of benzene rings is 2. The summed E-state index contributed by atoms with van der Waals surface area (Å²) in [6.45, 7) is 8.82. The summed E-state index contributed by atoms with van der Waals surface area (Å²) in [7, 11) is 0. The number of piperazine rings is 1. The molecule has 0 aromatic heterocycles. The van der Waals surface area contributed by atoms with Gasteiger partial charge in [-0.1, -0.05) is 6.92 Å². The van der Waals surface area contributed by atoms with Gasteiger partial charge in [-0.15, -0.1) is 0 Å². The van der Waals surface area contributed by atoms with Crippen LogP contribution in [0.2, 0.25) is 0 Å². The third kappa shape index (κ3) is 4.61. The summed E-state index contributed by atoms with van der Waals surface area (Å²) in [5.41, 5.74) is 2.65. The molecule has 2 amide bonds. The average Bonchev–Trinajstić information content (AvgIpc) is 3.26. The number of likely N-dealkylation sites (N-methyl/N-ethyl adjacent to an activating group) is 1. The van der Waals surface area contributed by atoms with E-state index in [1.807, 2.05) is 30.3 Å². The molecule has 174 valence electrons. The molecular weight excluding hydrogens is 420 g/mol. The fourth-order valence-electron chi connectivity index (χ4n) is 4.65. The Morgan fingerprint density at radius 1 is 0.970 bits per heavy atom. The number of hydrogen-bond acceptors (Lipinski definition) is 6. The Labute approximate surface area is 194 Å². The SMILES string of the molecule is CCN1CCN(c2ccc(NC(=O)[C@@H]3CC(=O)N(c4ccc5c(c4)OCCO5)C3)cc2)CC1. The van der Waals surface area contributed by atoms with Crippen LogP contribution < -0.4 is 24.6 Å². The molecule has 0 aliphatic carbocycles. The van der Waals surface area contributed by atoms with E-state index in [1.54, 1.807) is 4.90 Å². The van der Waals surface area contributed by atoms with Gasteiger partial charge >= 0.3 is 0 Å². The second kappa shape index (κ2) is 9.31. The van der Waals surface area contributed by atoms with Gasteiger partial charge in [-0.2, -0.15) is 0 Å². The van der Waals surface area contributed by atoms with Crippen molar-refractivity contribution in [2.45, 2.75) is 13.3 Å². The van der Waals surface area contributed by atoms with Gasteiger partial charge in [0.2, 0.25) is 11.8 Å². The molecule has 8 nitrogen and oxygen atoms in total. The molecule has 3 aliphatic heterocycles. The fraction of sp³-hybridized carbons (Fsp3) is 0.440. The molecule has 0 spiro atoms. The largest absolute Gasteiger partial charge is 0.486 e. The number of amides is 2. The van der Waals surface area contributed by atoms with Gasteiger partial charge in [-0.05, 0) is 42.9 Å². The lowest BCUT2D eigenvalue weighted by Crippen LogP contribution is -2.46. The normalized spacial score (nSPS) is 20.8. The zero-order valence-electron chi connectivity index (χ0n) is 19.0. The molecule has 0 bridgehead atoms. The third-order valence-electron chi connectivity index (χ3n) is 6.65. The molecule has 0 unspecified atom stereocenters. The Kier molecular flexibility index (Phi) is 6.09. The van der Waals surface area contributed by atoms with Crippen LogP contribution in [-0.4, -0.2) is 69.2 Å². The zero-order valence-corrected chi connectivity index (χ0v) is 19.0. The lowest BCUT2D eigenvalue weighted by Gasteiger charge is -2.35. The second-order valence-electron chi connectivity index (χ2n) is 8.69. The van der Waals surface area contributed by atoms with Crippen LogP contribution in [0.1, 0.15) is 13.3 Å². The first-order valence-corrected chi connectivity index (χ1v) is 11.7. The summed E-state index contributed by atoms with van der Waals surface area (Å²) in [5.74, 6) is 0.728. The second-order valence-corrected chi connectivity index (χ2v) is 8.69. The summed E-state index contributed by atoms with van der Waals surface area (Å²) < 4.78 is 11.2. The number of anilines is 3. The Morgan fingerprint density at radius 3 is 2.39 bits per heavy atom. The van der Waals surface area contributed by atoms with Gasteiger partial charge in [0.1, 0.15) is 13.2 Å². The van der Waals surface area contributed by atoms with Crippen LogP contribution in [0.5, 0.6) is 11.5 Å². The van der Waals surface area contributed by atoms with E-state index >= 15 is 0 Å². The minimum Gasteiger partial charge on any atom is -0.486 e. The number of carbonyl (C=O) groups excluding carboxylic acids is 2. The molecule has 2 aromatic rings. The number of fused-ring (bicyclic) bond motifs is 1. The Bertz CT molecular complexity index is 1020. The first kappa shape index (κ1) is 21.6. The van der Waals surface area contributed by atoms with Crippen LogP contribution in [0.15, 0.2) is 42.5 Å². The maximum atomic E-state index is 12.9. The lowest BCUT2D eigenvalue weighted by atomic mass is 10.1. The minimum absolute atomic E-state index is 0.0617. The number of rotatable bonds is 5. The van der Waals surface area contributed by atoms with Crippen LogP contribution >= 0.6 is 0 Å². The highest BCUT2D eigenvalue weighted by Crippen LogP contribution is 2.36. The first-order valence-electron chi connectivity index (χ1n) is 11.7. The highest BCUT2D eigenvalue weighted by atomic mass is 16.6. The number of hydrogen-bond donors (Lipinski definition) is 1. The third-order valence-corrected chi connectivity index (χ3v) is 6.65. The molecule has 2 saturated heterocycles. The van der Waals surface area contributed by atoms with E-state index < -0.39 is 5.92 Å². The standard InChI is InChI=1S/C25H30N4O4/c1-2-27-9-11-28(12-10-27)20-5-3-19(4-6-20)26-25(31)18-15-24(30)29(17-18)21-7-8-22-23(16-21)33-14-13-32-22/h3-8,16,18H,2,9-15,17H2,1H3,(H,26,31)/t18-/m1/s1. The summed E-state index contributed by atoms with van der Waals surface area (Å²) in [6, 6.07) is 13.4. The van der Waals surface area contributed by atoms with Crippen LogP contribution in [0.4, 0.5) is 17.1 Å². The maximum Gasteiger partial charge on any atom is 0.229 e. The van der Waals surface area contributed by atoms with Crippen molar-refractivity contribution in [1.82, 2.24) is 4.90 Å². The number of nitrogens with one attached hydrogen (secondary N) is 1. The van der Waals surface area contributed by atoms with Crippen LogP contribution in [-0.2, 0) is 9.59 Å². The van der Waals surface area contributed by atoms with Crippen molar-refractivity contribution in [3.05, 3.63) is 42.5 Å². The predicted molar refractivity (Wildman–Crippen MR) is 127 cm³/mol. The van der Waals surface area contributed by atoms with Crippen molar-refractivity contribution < 1.29 is 19.1 Å². The molecule has 3 heterocycles. The van der Waals surface area contributed by atoms with Gasteiger partial charge < -0.3 is 29.5 Å². The molecular formula is C25H30N4O4. The maximum absolute atomic E-state index is 12.9. The number of carbonyl (C=O) groups is 2. The van der Waals surface area contributed by atoms with Gasteiger partial charge in [0.15, 0.2) is 11.5 Å². The molecule has 1 N–H and O–H groups in total. The smallest absolute Gasteiger partial charge is 0.229 e. The Morgan fingerprint density at radius 2 is 1.67 bits per heavy atom. The van der Waals surface area contributed by atoms with Gasteiger partial charge in [0, 0.05) is 62.3 Å². The molecule has 0 radical (unpaired) electrons. The highest BCUT2D eigenvalue weighted by molar-refractivity contribution is 6.03. The molecule has 0 saturated carbocycles. The summed E-state index contributed by atoms with van der Waals surface area (Å²) in [5, 5.41) is 2.98. The number of ether oxygens (including phenoxy) is 2. The van der Waals surface area contributed by atoms with Crippen molar-refractivity contribution in [2.75, 3.05) is 67.6 Å². The molecule has 5 rings (SSSR count). The first-order chi connectivity index (χ1) is 16.1. The van der Waals surface area contributed by atoms with Gasteiger partial charge in [0.05, 0.1) is 5.92 Å².